The average Bonchev–Trinajstić information content (AvgIpc) is 2.71. The molecule has 2 aromatic carbocycles. The summed E-state index contributed by atoms with van der Waals surface area (Å²) in [6, 6.07) is 18.5. The molecule has 0 spiro atoms. The normalized spacial score (nSPS) is 21.5. The van der Waals surface area contributed by atoms with E-state index in [1.54, 1.807) is 0 Å². The number of nitrogens with zero attached hydrogens (tertiary/aromatic N) is 1. The minimum absolute atomic E-state index is 0.0133. The van der Waals surface area contributed by atoms with Gasteiger partial charge in [0.25, 0.3) is 0 Å². The molecular weight excluding hydrogens is 362 g/mol. The van der Waals surface area contributed by atoms with Crippen molar-refractivity contribution in [2.75, 3.05) is 13.2 Å². The van der Waals surface area contributed by atoms with E-state index in [4.69, 9.17) is 9.47 Å². The highest BCUT2D eigenvalue weighted by molar-refractivity contribution is 5.74. The summed E-state index contributed by atoms with van der Waals surface area (Å²) in [5, 5.41) is 0. The molecule has 0 aliphatic carbocycles. The van der Waals surface area contributed by atoms with Gasteiger partial charge in [0.1, 0.15) is 6.61 Å². The van der Waals surface area contributed by atoms with E-state index < -0.39 is 0 Å². The third kappa shape index (κ3) is 4.38. The van der Waals surface area contributed by atoms with Gasteiger partial charge in [-0.2, -0.15) is 0 Å². The molecule has 0 N–H and O–H groups in total. The van der Waals surface area contributed by atoms with Crippen molar-refractivity contribution in [3.63, 3.8) is 0 Å². The Balaban J connectivity index is 1.49. The Morgan fingerprint density at radius 1 is 1.07 bits per heavy atom. The number of carbonyl (C=O) groups excluding carboxylic acids is 1. The van der Waals surface area contributed by atoms with E-state index in [0.29, 0.717) is 19.8 Å². The number of fused-ring (bicyclic) bond motifs is 2. The van der Waals surface area contributed by atoms with E-state index >= 15 is 0 Å². The first-order chi connectivity index (χ1) is 13.9. The van der Waals surface area contributed by atoms with Gasteiger partial charge >= 0.3 is 6.09 Å². The zero-order chi connectivity index (χ0) is 20.4. The Morgan fingerprint density at radius 2 is 1.79 bits per heavy atom. The van der Waals surface area contributed by atoms with Crippen LogP contribution in [-0.2, 0) is 21.5 Å². The standard InChI is InChI=1S/C25H29NO3/c1-25(2,3)21-11-9-19(10-12-21)20-13-22-16-28-17-23(14-20)26(22)24(27)29-15-18-7-5-4-6-8-18/h4-13,22-23H,14-17H2,1-3H3. The van der Waals surface area contributed by atoms with Crippen LogP contribution in [-0.4, -0.2) is 36.3 Å². The fourth-order valence-electron chi connectivity index (χ4n) is 4.07. The number of rotatable bonds is 3. The van der Waals surface area contributed by atoms with Crippen molar-refractivity contribution < 1.29 is 14.3 Å². The Morgan fingerprint density at radius 3 is 2.45 bits per heavy atom. The molecule has 2 heterocycles. The number of hydrogen-bond donors (Lipinski definition) is 0. The lowest BCUT2D eigenvalue weighted by Gasteiger charge is -2.43. The molecule has 2 aromatic rings. The van der Waals surface area contributed by atoms with Crippen molar-refractivity contribution in [1.29, 1.82) is 0 Å². The van der Waals surface area contributed by atoms with Crippen molar-refractivity contribution in [1.82, 2.24) is 4.90 Å². The van der Waals surface area contributed by atoms with Gasteiger partial charge in [0.15, 0.2) is 0 Å². The van der Waals surface area contributed by atoms with Gasteiger partial charge in [0, 0.05) is 0 Å². The highest BCUT2D eigenvalue weighted by Gasteiger charge is 2.39. The Hall–Kier alpha value is -2.59. The molecule has 1 saturated heterocycles. The van der Waals surface area contributed by atoms with Gasteiger partial charge < -0.3 is 9.47 Å². The van der Waals surface area contributed by atoms with Gasteiger partial charge in [-0.15, -0.1) is 0 Å². The zero-order valence-electron chi connectivity index (χ0n) is 17.4. The van der Waals surface area contributed by atoms with Crippen LogP contribution in [0.1, 0.15) is 43.9 Å². The van der Waals surface area contributed by atoms with Gasteiger partial charge in [-0.1, -0.05) is 81.4 Å². The third-order valence-electron chi connectivity index (χ3n) is 5.74. The monoisotopic (exact) mass is 391 g/mol. The summed E-state index contributed by atoms with van der Waals surface area (Å²) < 4.78 is 11.3. The summed E-state index contributed by atoms with van der Waals surface area (Å²) >= 11 is 0. The topological polar surface area (TPSA) is 38.8 Å². The SMILES string of the molecule is CC(C)(C)c1ccc(C2=CC3COCC(C2)N3C(=O)OCc2ccccc2)cc1. The molecular formula is C25H29NO3. The minimum atomic E-state index is -0.259. The van der Waals surface area contributed by atoms with Crippen LogP contribution >= 0.6 is 0 Å². The predicted molar refractivity (Wildman–Crippen MR) is 115 cm³/mol. The van der Waals surface area contributed by atoms with Crippen LogP contribution < -0.4 is 0 Å². The average molecular weight is 392 g/mol. The van der Waals surface area contributed by atoms with Crippen molar-refractivity contribution >= 4 is 11.7 Å². The highest BCUT2D eigenvalue weighted by Crippen LogP contribution is 2.34. The lowest BCUT2D eigenvalue weighted by molar-refractivity contribution is -0.0342. The van der Waals surface area contributed by atoms with Gasteiger partial charge in [0.2, 0.25) is 0 Å². The lowest BCUT2D eigenvalue weighted by atomic mass is 9.84. The third-order valence-corrected chi connectivity index (χ3v) is 5.74. The summed E-state index contributed by atoms with van der Waals surface area (Å²) in [7, 11) is 0. The fraction of sp³-hybridized carbons (Fsp3) is 0.400. The van der Waals surface area contributed by atoms with E-state index in [0.717, 1.165) is 12.0 Å². The first-order valence-corrected chi connectivity index (χ1v) is 10.3. The quantitative estimate of drug-likeness (QED) is 0.724. The number of carbonyl (C=O) groups is 1. The van der Waals surface area contributed by atoms with Crippen LogP contribution in [0.5, 0.6) is 0 Å². The molecule has 2 unspecified atom stereocenters. The van der Waals surface area contributed by atoms with Crippen molar-refractivity contribution in [2.45, 2.75) is 51.3 Å². The van der Waals surface area contributed by atoms with E-state index in [1.165, 1.54) is 16.7 Å². The van der Waals surface area contributed by atoms with Gasteiger partial charge in [-0.3, -0.25) is 4.90 Å². The van der Waals surface area contributed by atoms with Crippen LogP contribution in [0.2, 0.25) is 0 Å². The summed E-state index contributed by atoms with van der Waals surface area (Å²) in [4.78, 5) is 14.7. The molecule has 29 heavy (non-hydrogen) atoms. The predicted octanol–water partition coefficient (Wildman–Crippen LogP) is 5.18. The molecule has 4 nitrogen and oxygen atoms in total. The van der Waals surface area contributed by atoms with Gasteiger partial charge in [-0.05, 0) is 34.1 Å². The molecule has 0 radical (unpaired) electrons. The van der Waals surface area contributed by atoms with Crippen LogP contribution in [0.25, 0.3) is 5.57 Å². The smallest absolute Gasteiger partial charge is 0.411 e. The molecule has 0 aromatic heterocycles. The number of morpholine rings is 1. The molecule has 2 aliphatic rings. The van der Waals surface area contributed by atoms with E-state index in [2.05, 4.69) is 51.1 Å². The first-order valence-electron chi connectivity index (χ1n) is 10.3. The van der Waals surface area contributed by atoms with Gasteiger partial charge in [0.05, 0.1) is 25.3 Å². The maximum Gasteiger partial charge on any atom is 0.411 e. The van der Waals surface area contributed by atoms with E-state index in [1.807, 2.05) is 35.2 Å². The Labute approximate surface area is 173 Å². The number of hydrogen-bond acceptors (Lipinski definition) is 3. The van der Waals surface area contributed by atoms with Crippen molar-refractivity contribution in [3.05, 3.63) is 77.4 Å². The van der Waals surface area contributed by atoms with E-state index in [9.17, 15) is 4.79 Å². The fourth-order valence-corrected chi connectivity index (χ4v) is 4.07. The number of benzene rings is 2. The second-order valence-corrected chi connectivity index (χ2v) is 8.93. The second-order valence-electron chi connectivity index (χ2n) is 8.93. The maximum absolute atomic E-state index is 12.8. The number of amides is 1. The highest BCUT2D eigenvalue weighted by atomic mass is 16.6. The van der Waals surface area contributed by atoms with E-state index in [-0.39, 0.29) is 23.6 Å². The summed E-state index contributed by atoms with van der Waals surface area (Å²) in [6.45, 7) is 8.03. The van der Waals surface area contributed by atoms with Crippen molar-refractivity contribution in [2.24, 2.45) is 0 Å². The molecule has 1 amide bonds. The van der Waals surface area contributed by atoms with Crippen LogP contribution in [0.4, 0.5) is 4.79 Å². The van der Waals surface area contributed by atoms with Gasteiger partial charge in [-0.25, -0.2) is 4.79 Å². The van der Waals surface area contributed by atoms with Crippen LogP contribution in [0.15, 0.2) is 60.7 Å². The molecule has 2 atom stereocenters. The molecule has 2 aliphatic heterocycles. The number of ether oxygens (including phenoxy) is 2. The summed E-state index contributed by atoms with van der Waals surface area (Å²) in [6.07, 6.45) is 2.70. The molecule has 152 valence electrons. The largest absolute Gasteiger partial charge is 0.445 e. The zero-order valence-corrected chi connectivity index (χ0v) is 17.4. The molecule has 4 rings (SSSR count). The molecule has 1 fully saturated rings. The molecule has 4 heteroatoms. The lowest BCUT2D eigenvalue weighted by Crippen LogP contribution is -2.56. The second kappa shape index (κ2) is 8.03. The maximum atomic E-state index is 12.8. The minimum Gasteiger partial charge on any atom is -0.445 e. The summed E-state index contributed by atoms with van der Waals surface area (Å²) in [5.74, 6) is 0. The van der Waals surface area contributed by atoms with Crippen LogP contribution in [0, 0.1) is 0 Å². The Kier molecular flexibility index (Phi) is 5.46. The Bertz CT molecular complexity index is 881. The summed E-state index contributed by atoms with van der Waals surface area (Å²) in [5.41, 5.74) is 4.98. The van der Waals surface area contributed by atoms with Crippen molar-refractivity contribution in [3.8, 4) is 0 Å². The first kappa shape index (κ1) is 19.7. The molecule has 2 bridgehead atoms. The van der Waals surface area contributed by atoms with Crippen LogP contribution in [0.3, 0.4) is 0 Å². The molecule has 0 saturated carbocycles.